The largest absolute Gasteiger partial charge is 0.457 e. The molecule has 0 fully saturated rings. The molecule has 0 aliphatic rings. The number of ether oxygens (including phenoxy) is 1. The monoisotopic (exact) mass is 267 g/mol. The smallest absolute Gasteiger partial charge is 0.134 e. The first kappa shape index (κ1) is 12.2. The molecule has 0 bridgehead atoms. The van der Waals surface area contributed by atoms with Gasteiger partial charge in [0.1, 0.15) is 11.5 Å². The second-order valence-electron chi connectivity index (χ2n) is 3.63. The zero-order valence-electron chi connectivity index (χ0n) is 9.28. The molecule has 0 amide bonds. The number of hydrogen-bond donors (Lipinski definition) is 0. The summed E-state index contributed by atoms with van der Waals surface area (Å²) in [5.74, 6) is 1.83. The van der Waals surface area contributed by atoms with E-state index in [9.17, 15) is 0 Å². The molecule has 17 heavy (non-hydrogen) atoms. The lowest BCUT2D eigenvalue weighted by atomic mass is 10.2. The van der Waals surface area contributed by atoms with E-state index in [2.05, 4.69) is 4.98 Å². The highest BCUT2D eigenvalue weighted by Gasteiger charge is 2.05. The molecule has 0 saturated carbocycles. The second kappa shape index (κ2) is 5.39. The van der Waals surface area contributed by atoms with Crippen LogP contribution >= 0.6 is 23.2 Å². The molecule has 4 heteroatoms. The first-order chi connectivity index (χ1) is 8.20. The molecule has 1 aromatic heterocycles. The number of benzene rings is 1. The van der Waals surface area contributed by atoms with Crippen LogP contribution in [0.4, 0.5) is 0 Å². The standard InChI is InChI=1S/C13H11Cl2NO/c1-9-6-11(2-3-12(9)15)17-13-4-5-16-8-10(13)7-14/h2-6,8H,7H2,1H3. The third-order valence-electron chi connectivity index (χ3n) is 2.36. The number of pyridine rings is 1. The van der Waals surface area contributed by atoms with Crippen molar-refractivity contribution in [2.75, 3.05) is 0 Å². The molecule has 0 aliphatic carbocycles. The maximum atomic E-state index is 5.96. The van der Waals surface area contributed by atoms with Crippen LogP contribution in [0.5, 0.6) is 11.5 Å². The number of rotatable bonds is 3. The Labute approximate surface area is 110 Å². The number of hydrogen-bond acceptors (Lipinski definition) is 2. The molecule has 0 aliphatic heterocycles. The predicted octanol–water partition coefficient (Wildman–Crippen LogP) is 4.57. The van der Waals surface area contributed by atoms with Gasteiger partial charge in [-0.2, -0.15) is 0 Å². The molecule has 1 heterocycles. The van der Waals surface area contributed by atoms with E-state index >= 15 is 0 Å². The van der Waals surface area contributed by atoms with Gasteiger partial charge in [0.15, 0.2) is 0 Å². The summed E-state index contributed by atoms with van der Waals surface area (Å²) in [4.78, 5) is 4.00. The SMILES string of the molecule is Cc1cc(Oc2ccncc2CCl)ccc1Cl. The Bertz CT molecular complexity index is 529. The van der Waals surface area contributed by atoms with Gasteiger partial charge >= 0.3 is 0 Å². The minimum absolute atomic E-state index is 0.371. The summed E-state index contributed by atoms with van der Waals surface area (Å²) in [6, 6.07) is 7.32. The molecule has 88 valence electrons. The molecule has 0 atom stereocenters. The molecule has 0 radical (unpaired) electrons. The number of aryl methyl sites for hydroxylation is 1. The van der Waals surface area contributed by atoms with Crippen LogP contribution in [0.25, 0.3) is 0 Å². The summed E-state index contributed by atoms with van der Waals surface area (Å²) < 4.78 is 5.75. The number of nitrogens with zero attached hydrogens (tertiary/aromatic N) is 1. The van der Waals surface area contributed by atoms with Crippen LogP contribution in [0, 0.1) is 6.92 Å². The highest BCUT2D eigenvalue weighted by atomic mass is 35.5. The van der Waals surface area contributed by atoms with E-state index in [1.165, 1.54) is 0 Å². The predicted molar refractivity (Wildman–Crippen MR) is 70.1 cm³/mol. The van der Waals surface area contributed by atoms with Crippen molar-refractivity contribution in [2.45, 2.75) is 12.8 Å². The Morgan fingerprint density at radius 1 is 1.29 bits per heavy atom. The molecule has 1 aromatic carbocycles. The van der Waals surface area contributed by atoms with Crippen molar-refractivity contribution in [3.8, 4) is 11.5 Å². The van der Waals surface area contributed by atoms with Gasteiger partial charge < -0.3 is 4.74 Å². The third-order valence-corrected chi connectivity index (χ3v) is 3.07. The summed E-state index contributed by atoms with van der Waals surface area (Å²) in [5.41, 5.74) is 1.84. The summed E-state index contributed by atoms with van der Waals surface area (Å²) in [6.07, 6.45) is 3.37. The fraction of sp³-hybridized carbons (Fsp3) is 0.154. The van der Waals surface area contributed by atoms with E-state index in [1.54, 1.807) is 18.5 Å². The van der Waals surface area contributed by atoms with Gasteiger partial charge in [-0.1, -0.05) is 11.6 Å². The van der Waals surface area contributed by atoms with E-state index in [4.69, 9.17) is 27.9 Å². The summed E-state index contributed by atoms with van der Waals surface area (Å²) in [5, 5.41) is 0.727. The van der Waals surface area contributed by atoms with Crippen LogP contribution in [-0.2, 0) is 5.88 Å². The quantitative estimate of drug-likeness (QED) is 0.760. The van der Waals surface area contributed by atoms with E-state index < -0.39 is 0 Å². The molecule has 2 rings (SSSR count). The first-order valence-electron chi connectivity index (χ1n) is 5.13. The van der Waals surface area contributed by atoms with Crippen LogP contribution in [-0.4, -0.2) is 4.98 Å². The highest BCUT2D eigenvalue weighted by Crippen LogP contribution is 2.28. The van der Waals surface area contributed by atoms with Crippen molar-refractivity contribution in [3.63, 3.8) is 0 Å². The lowest BCUT2D eigenvalue weighted by Crippen LogP contribution is -1.91. The highest BCUT2D eigenvalue weighted by molar-refractivity contribution is 6.31. The fourth-order valence-corrected chi connectivity index (χ4v) is 1.74. The molecule has 0 saturated heterocycles. The van der Waals surface area contributed by atoms with Crippen molar-refractivity contribution >= 4 is 23.2 Å². The second-order valence-corrected chi connectivity index (χ2v) is 4.30. The normalized spacial score (nSPS) is 10.3. The van der Waals surface area contributed by atoms with Crippen molar-refractivity contribution in [1.82, 2.24) is 4.98 Å². The molecule has 2 nitrogen and oxygen atoms in total. The minimum atomic E-state index is 0.371. The zero-order valence-corrected chi connectivity index (χ0v) is 10.8. The van der Waals surface area contributed by atoms with Gasteiger partial charge in [0.2, 0.25) is 0 Å². The Kier molecular flexibility index (Phi) is 3.87. The molecule has 0 spiro atoms. The van der Waals surface area contributed by atoms with Gasteiger partial charge in [0, 0.05) is 23.0 Å². The number of alkyl halides is 1. The van der Waals surface area contributed by atoms with E-state index in [0.717, 1.165) is 27.6 Å². The van der Waals surface area contributed by atoms with E-state index in [-0.39, 0.29) is 0 Å². The Morgan fingerprint density at radius 3 is 2.82 bits per heavy atom. The lowest BCUT2D eigenvalue weighted by molar-refractivity contribution is 0.477. The van der Waals surface area contributed by atoms with Crippen LogP contribution in [0.15, 0.2) is 36.7 Å². The van der Waals surface area contributed by atoms with Crippen LogP contribution in [0.1, 0.15) is 11.1 Å². The van der Waals surface area contributed by atoms with Crippen LogP contribution in [0.3, 0.4) is 0 Å². The van der Waals surface area contributed by atoms with E-state index in [1.807, 2.05) is 25.1 Å². The maximum Gasteiger partial charge on any atom is 0.134 e. The van der Waals surface area contributed by atoms with E-state index in [0.29, 0.717) is 5.88 Å². The number of aromatic nitrogens is 1. The van der Waals surface area contributed by atoms with Gasteiger partial charge in [-0.15, -0.1) is 11.6 Å². The fourth-order valence-electron chi connectivity index (χ4n) is 1.42. The molecule has 0 N–H and O–H groups in total. The van der Waals surface area contributed by atoms with Crippen molar-refractivity contribution in [1.29, 1.82) is 0 Å². The van der Waals surface area contributed by atoms with Gasteiger partial charge in [-0.3, -0.25) is 4.98 Å². The Hall–Kier alpha value is -1.25. The minimum Gasteiger partial charge on any atom is -0.457 e. The average molecular weight is 268 g/mol. The van der Waals surface area contributed by atoms with Gasteiger partial charge in [-0.05, 0) is 36.8 Å². The first-order valence-corrected chi connectivity index (χ1v) is 6.05. The summed E-state index contributed by atoms with van der Waals surface area (Å²) >= 11 is 11.8. The zero-order chi connectivity index (χ0) is 12.3. The topological polar surface area (TPSA) is 22.1 Å². The maximum absolute atomic E-state index is 5.96. The van der Waals surface area contributed by atoms with Crippen LogP contribution < -0.4 is 4.74 Å². The number of halogens is 2. The Morgan fingerprint density at radius 2 is 2.12 bits per heavy atom. The summed E-state index contributed by atoms with van der Waals surface area (Å²) in [6.45, 7) is 1.93. The summed E-state index contributed by atoms with van der Waals surface area (Å²) in [7, 11) is 0. The van der Waals surface area contributed by atoms with Crippen molar-refractivity contribution in [3.05, 3.63) is 52.8 Å². The Balaban J connectivity index is 2.28. The molecule has 0 unspecified atom stereocenters. The van der Waals surface area contributed by atoms with Crippen molar-refractivity contribution in [2.24, 2.45) is 0 Å². The van der Waals surface area contributed by atoms with Crippen molar-refractivity contribution < 1.29 is 4.74 Å². The third kappa shape index (κ3) is 2.90. The molecule has 2 aromatic rings. The van der Waals surface area contributed by atoms with Crippen LogP contribution in [0.2, 0.25) is 5.02 Å². The molecular formula is C13H11Cl2NO. The lowest BCUT2D eigenvalue weighted by Gasteiger charge is -2.09. The van der Waals surface area contributed by atoms with Gasteiger partial charge in [0.25, 0.3) is 0 Å². The average Bonchev–Trinajstić information content (AvgIpc) is 2.34. The van der Waals surface area contributed by atoms with Gasteiger partial charge in [0.05, 0.1) is 5.88 Å². The molecular weight excluding hydrogens is 257 g/mol. The van der Waals surface area contributed by atoms with Gasteiger partial charge in [-0.25, -0.2) is 0 Å².